The number of aliphatic hydroxyl groups is 1. The van der Waals surface area contributed by atoms with E-state index in [1.54, 1.807) is 0 Å². The number of thioether (sulfide) groups is 1. The van der Waals surface area contributed by atoms with Crippen molar-refractivity contribution in [2.45, 2.75) is 0 Å². The Bertz CT molecular complexity index is 930. The smallest absolute Gasteiger partial charge is 0.344 e. The van der Waals surface area contributed by atoms with Gasteiger partial charge in [0.2, 0.25) is 0 Å². The van der Waals surface area contributed by atoms with E-state index in [4.69, 9.17) is 4.74 Å². The quantitative estimate of drug-likeness (QED) is 0.788. The second-order valence-electron chi connectivity index (χ2n) is 6.06. The molecule has 0 unspecified atom stereocenters. The van der Waals surface area contributed by atoms with E-state index in [1.165, 1.54) is 18.9 Å². The summed E-state index contributed by atoms with van der Waals surface area (Å²) in [7, 11) is 5.24. The SMILES string of the molecule is COC(=O)C1=C(O)C(=Cc2ccc(N(C)C)cc2)SC1=Nc1ccccc1. The molecule has 0 aromatic heterocycles. The summed E-state index contributed by atoms with van der Waals surface area (Å²) in [5.41, 5.74) is 2.78. The lowest BCUT2D eigenvalue weighted by molar-refractivity contribution is -0.135. The van der Waals surface area contributed by atoms with Crippen LogP contribution in [0.4, 0.5) is 11.4 Å². The van der Waals surface area contributed by atoms with Gasteiger partial charge in [-0.3, -0.25) is 0 Å². The Labute approximate surface area is 162 Å². The Morgan fingerprint density at radius 1 is 1.11 bits per heavy atom. The predicted molar refractivity (Wildman–Crippen MR) is 112 cm³/mol. The van der Waals surface area contributed by atoms with Gasteiger partial charge in [0.25, 0.3) is 0 Å². The lowest BCUT2D eigenvalue weighted by atomic mass is 10.1. The summed E-state index contributed by atoms with van der Waals surface area (Å²) in [5.74, 6) is -0.723. The molecule has 27 heavy (non-hydrogen) atoms. The normalized spacial score (nSPS) is 16.9. The van der Waals surface area contributed by atoms with Crippen molar-refractivity contribution in [3.63, 3.8) is 0 Å². The third-order valence-electron chi connectivity index (χ3n) is 3.97. The number of hydrogen-bond donors (Lipinski definition) is 1. The van der Waals surface area contributed by atoms with E-state index in [2.05, 4.69) is 4.99 Å². The van der Waals surface area contributed by atoms with Crippen LogP contribution in [0.2, 0.25) is 0 Å². The number of hydrogen-bond acceptors (Lipinski definition) is 6. The van der Waals surface area contributed by atoms with Crippen molar-refractivity contribution in [1.29, 1.82) is 0 Å². The van der Waals surface area contributed by atoms with Crippen LogP contribution in [0.3, 0.4) is 0 Å². The molecule has 138 valence electrons. The van der Waals surface area contributed by atoms with E-state index in [1.807, 2.05) is 79.7 Å². The molecule has 0 spiro atoms. The summed E-state index contributed by atoms with van der Waals surface area (Å²) in [6.45, 7) is 0. The topological polar surface area (TPSA) is 62.1 Å². The molecule has 1 aliphatic rings. The number of aliphatic imine (C=N–C) groups is 1. The minimum absolute atomic E-state index is 0.0857. The number of nitrogens with zero attached hydrogens (tertiary/aromatic N) is 2. The maximum atomic E-state index is 12.2. The molecule has 0 radical (unpaired) electrons. The Hall–Kier alpha value is -2.99. The molecule has 0 amide bonds. The van der Waals surface area contributed by atoms with E-state index in [-0.39, 0.29) is 11.3 Å². The first kappa shape index (κ1) is 18.8. The lowest BCUT2D eigenvalue weighted by Crippen LogP contribution is -2.10. The summed E-state index contributed by atoms with van der Waals surface area (Å²) >= 11 is 1.25. The Kier molecular flexibility index (Phi) is 5.66. The average molecular weight is 380 g/mol. The molecule has 1 N–H and O–H groups in total. The molecule has 1 aliphatic heterocycles. The van der Waals surface area contributed by atoms with Gasteiger partial charge in [-0.05, 0) is 35.9 Å². The summed E-state index contributed by atoms with van der Waals surface area (Å²) in [6, 6.07) is 17.2. The second-order valence-corrected chi connectivity index (χ2v) is 7.09. The molecule has 0 saturated heterocycles. The van der Waals surface area contributed by atoms with E-state index in [0.29, 0.717) is 15.6 Å². The van der Waals surface area contributed by atoms with E-state index < -0.39 is 5.97 Å². The first-order chi connectivity index (χ1) is 13.0. The number of carbonyl (C=O) groups excluding carboxylic acids is 1. The van der Waals surface area contributed by atoms with Gasteiger partial charge in [0.05, 0.1) is 17.7 Å². The third-order valence-corrected chi connectivity index (χ3v) is 4.99. The van der Waals surface area contributed by atoms with Crippen LogP contribution in [0.25, 0.3) is 6.08 Å². The van der Waals surface area contributed by atoms with Gasteiger partial charge >= 0.3 is 5.97 Å². The lowest BCUT2D eigenvalue weighted by Gasteiger charge is -2.11. The molecule has 2 aromatic carbocycles. The number of esters is 1. The van der Waals surface area contributed by atoms with Gasteiger partial charge in [-0.2, -0.15) is 0 Å². The number of benzene rings is 2. The van der Waals surface area contributed by atoms with Gasteiger partial charge in [-0.15, -0.1) is 0 Å². The second kappa shape index (κ2) is 8.14. The van der Waals surface area contributed by atoms with Crippen LogP contribution in [-0.2, 0) is 9.53 Å². The minimum Gasteiger partial charge on any atom is -0.506 e. The fourth-order valence-electron chi connectivity index (χ4n) is 2.53. The summed E-state index contributed by atoms with van der Waals surface area (Å²) in [5, 5.41) is 11.0. The minimum atomic E-state index is -0.610. The Morgan fingerprint density at radius 2 is 1.78 bits per heavy atom. The first-order valence-electron chi connectivity index (χ1n) is 8.32. The molecule has 0 aliphatic carbocycles. The molecule has 0 bridgehead atoms. The predicted octanol–water partition coefficient (Wildman–Crippen LogP) is 4.56. The zero-order chi connectivity index (χ0) is 19.4. The summed E-state index contributed by atoms with van der Waals surface area (Å²) < 4.78 is 4.83. The van der Waals surface area contributed by atoms with E-state index in [0.717, 1.165) is 11.3 Å². The van der Waals surface area contributed by atoms with Gasteiger partial charge in [0.1, 0.15) is 16.4 Å². The Morgan fingerprint density at radius 3 is 2.37 bits per heavy atom. The van der Waals surface area contributed by atoms with E-state index in [9.17, 15) is 9.90 Å². The van der Waals surface area contributed by atoms with Crippen LogP contribution < -0.4 is 4.90 Å². The number of rotatable bonds is 4. The fraction of sp³-hybridized carbons (Fsp3) is 0.143. The molecule has 3 rings (SSSR count). The summed E-state index contributed by atoms with van der Waals surface area (Å²) in [4.78, 5) is 19.2. The fourth-order valence-corrected chi connectivity index (χ4v) is 3.57. The largest absolute Gasteiger partial charge is 0.506 e. The van der Waals surface area contributed by atoms with Crippen LogP contribution in [0, 0.1) is 0 Å². The van der Waals surface area contributed by atoms with Crippen LogP contribution in [0.1, 0.15) is 5.56 Å². The van der Waals surface area contributed by atoms with Crippen molar-refractivity contribution in [1.82, 2.24) is 0 Å². The molecule has 0 fully saturated rings. The number of anilines is 1. The van der Waals surface area contributed by atoms with Crippen molar-refractivity contribution in [2.24, 2.45) is 4.99 Å². The standard InChI is InChI=1S/C21H20N2O3S/c1-23(2)16-11-9-14(10-12-16)13-17-19(24)18(21(25)26-3)20(27-17)22-15-7-5-4-6-8-15/h4-13,24H,1-3H3. The zero-order valence-electron chi connectivity index (χ0n) is 15.3. The molecule has 0 saturated carbocycles. The maximum absolute atomic E-state index is 12.2. The van der Waals surface area contributed by atoms with E-state index >= 15 is 0 Å². The first-order valence-corrected chi connectivity index (χ1v) is 9.14. The van der Waals surface area contributed by atoms with Gasteiger partial charge in [-0.25, -0.2) is 9.79 Å². The third kappa shape index (κ3) is 4.23. The molecule has 1 heterocycles. The molecule has 2 aromatic rings. The number of aliphatic hydroxyl groups excluding tert-OH is 1. The molecule has 6 heteroatoms. The van der Waals surface area contributed by atoms with Gasteiger partial charge in [-0.1, -0.05) is 42.1 Å². The molecule has 5 nitrogen and oxygen atoms in total. The van der Waals surface area contributed by atoms with Crippen molar-refractivity contribution in [3.05, 3.63) is 76.4 Å². The van der Waals surface area contributed by atoms with Crippen LogP contribution >= 0.6 is 11.8 Å². The van der Waals surface area contributed by atoms with Crippen molar-refractivity contribution < 1.29 is 14.6 Å². The molecular formula is C21H20N2O3S. The highest BCUT2D eigenvalue weighted by atomic mass is 32.2. The number of carbonyl (C=O) groups is 1. The average Bonchev–Trinajstić information content (AvgIpc) is 2.97. The van der Waals surface area contributed by atoms with Crippen LogP contribution in [0.5, 0.6) is 0 Å². The van der Waals surface area contributed by atoms with Crippen LogP contribution in [0.15, 0.2) is 75.8 Å². The van der Waals surface area contributed by atoms with Crippen molar-refractivity contribution >= 4 is 40.2 Å². The van der Waals surface area contributed by atoms with Crippen molar-refractivity contribution in [3.8, 4) is 0 Å². The summed E-state index contributed by atoms with van der Waals surface area (Å²) in [6.07, 6.45) is 1.83. The number of ether oxygens (including phenoxy) is 1. The highest BCUT2D eigenvalue weighted by Crippen LogP contribution is 2.40. The van der Waals surface area contributed by atoms with Crippen LogP contribution in [-0.4, -0.2) is 37.3 Å². The number of para-hydroxylation sites is 1. The zero-order valence-corrected chi connectivity index (χ0v) is 16.2. The monoisotopic (exact) mass is 380 g/mol. The van der Waals surface area contributed by atoms with Crippen molar-refractivity contribution in [2.75, 3.05) is 26.1 Å². The molecular weight excluding hydrogens is 360 g/mol. The van der Waals surface area contributed by atoms with Gasteiger partial charge < -0.3 is 14.7 Å². The van der Waals surface area contributed by atoms with Gasteiger partial charge in [0, 0.05) is 19.8 Å². The highest BCUT2D eigenvalue weighted by Gasteiger charge is 2.32. The maximum Gasteiger partial charge on any atom is 0.344 e. The molecule has 0 atom stereocenters. The highest BCUT2D eigenvalue weighted by molar-refractivity contribution is 8.18. The Balaban J connectivity index is 1.98. The number of methoxy groups -OCH3 is 1. The van der Waals surface area contributed by atoms with Gasteiger partial charge in [0.15, 0.2) is 0 Å².